The van der Waals surface area contributed by atoms with E-state index in [0.29, 0.717) is 6.42 Å². The summed E-state index contributed by atoms with van der Waals surface area (Å²) in [4.78, 5) is 35.2. The van der Waals surface area contributed by atoms with Gasteiger partial charge >= 0.3 is 19.8 Å². The molecule has 0 bridgehead atoms. The molecule has 0 saturated heterocycles. The summed E-state index contributed by atoms with van der Waals surface area (Å²) in [5, 5.41) is 0. The predicted octanol–water partition coefficient (Wildman–Crippen LogP) is 20.0. The zero-order valence-electron chi connectivity index (χ0n) is 49.0. The van der Waals surface area contributed by atoms with Gasteiger partial charge in [-0.3, -0.25) is 18.6 Å². The van der Waals surface area contributed by atoms with E-state index in [9.17, 15) is 19.0 Å². The van der Waals surface area contributed by atoms with E-state index >= 15 is 0 Å². The van der Waals surface area contributed by atoms with Gasteiger partial charge < -0.3 is 20.1 Å². The monoisotopic (exact) mass is 1080 g/mol. The number of esters is 2. The molecule has 76 heavy (non-hydrogen) atoms. The van der Waals surface area contributed by atoms with Gasteiger partial charge in [-0.25, -0.2) is 4.57 Å². The number of allylic oxidation sites excluding steroid dienone is 16. The number of rotatable bonds is 58. The normalized spacial score (nSPS) is 13.7. The minimum atomic E-state index is -4.39. The van der Waals surface area contributed by atoms with Crippen LogP contribution < -0.4 is 5.73 Å². The second-order valence-electron chi connectivity index (χ2n) is 20.6. The average molecular weight is 1080 g/mol. The van der Waals surface area contributed by atoms with E-state index in [1.54, 1.807) is 0 Å². The number of phosphoric ester groups is 1. The Morgan fingerprint density at radius 3 is 1.08 bits per heavy atom. The topological polar surface area (TPSA) is 134 Å². The van der Waals surface area contributed by atoms with Crippen LogP contribution in [0.4, 0.5) is 0 Å². The van der Waals surface area contributed by atoms with Crippen LogP contribution in [0.5, 0.6) is 0 Å². The summed E-state index contributed by atoms with van der Waals surface area (Å²) in [6.07, 6.45) is 81.8. The van der Waals surface area contributed by atoms with Crippen LogP contribution in [0.1, 0.15) is 277 Å². The van der Waals surface area contributed by atoms with Crippen LogP contribution in [-0.4, -0.2) is 49.3 Å². The molecule has 0 aliphatic carbocycles. The van der Waals surface area contributed by atoms with E-state index in [2.05, 4.69) is 111 Å². The van der Waals surface area contributed by atoms with E-state index < -0.39 is 26.5 Å². The molecule has 9 nitrogen and oxygen atoms in total. The molecule has 0 radical (unpaired) electrons. The maximum absolute atomic E-state index is 12.7. The summed E-state index contributed by atoms with van der Waals surface area (Å²) >= 11 is 0. The molecule has 0 fully saturated rings. The van der Waals surface area contributed by atoms with Crippen LogP contribution in [0.3, 0.4) is 0 Å². The lowest BCUT2D eigenvalue weighted by atomic mass is 10.0. The van der Waals surface area contributed by atoms with Crippen molar-refractivity contribution < 1.29 is 37.6 Å². The Morgan fingerprint density at radius 1 is 0.408 bits per heavy atom. The quantitative estimate of drug-likeness (QED) is 0.0264. The molecule has 0 aromatic rings. The zero-order chi connectivity index (χ0) is 55.2. The molecular weight excluding hydrogens is 966 g/mol. The maximum atomic E-state index is 12.7. The summed E-state index contributed by atoms with van der Waals surface area (Å²) < 4.78 is 33.1. The van der Waals surface area contributed by atoms with Crippen molar-refractivity contribution in [1.29, 1.82) is 0 Å². The highest BCUT2D eigenvalue weighted by Crippen LogP contribution is 2.43. The standard InChI is InChI=1S/C66H116NO8P/c1-3-5-7-9-11-13-15-17-19-21-23-25-26-27-28-29-30-31-32-33-34-35-36-37-38-39-41-43-45-47-49-51-53-55-57-59-66(69)75-64(63-74-76(70,71)73-61-60-67)62-72-65(68)58-56-54-52-50-48-46-44-42-40-24-22-20-18-16-14-12-10-8-6-4-2/h5,7,11,13,17,19,23,25,27-28,30-31,33-34,36-37,64H,3-4,6,8-10,12,14-16,18,20-22,24,26,29,32,35,38-63,67H2,1-2H3,(H,70,71)/b7-5-,13-11-,19-17-,25-23-,28-27-,31-30-,34-33-,37-36-. The molecule has 2 atom stereocenters. The molecule has 0 spiro atoms. The maximum Gasteiger partial charge on any atom is 0.472 e. The third-order valence-corrected chi connectivity index (χ3v) is 14.2. The fourth-order valence-corrected chi connectivity index (χ4v) is 9.42. The molecule has 10 heteroatoms. The van der Waals surface area contributed by atoms with Crippen LogP contribution in [0, 0.1) is 0 Å². The molecule has 0 aliphatic heterocycles. The van der Waals surface area contributed by atoms with Crippen molar-refractivity contribution >= 4 is 19.8 Å². The molecule has 3 N–H and O–H groups in total. The first-order valence-electron chi connectivity index (χ1n) is 31.2. The van der Waals surface area contributed by atoms with E-state index in [-0.39, 0.29) is 38.6 Å². The van der Waals surface area contributed by atoms with E-state index in [1.165, 1.54) is 148 Å². The van der Waals surface area contributed by atoms with Crippen molar-refractivity contribution in [3.63, 3.8) is 0 Å². The second kappa shape index (κ2) is 61.1. The van der Waals surface area contributed by atoms with E-state index in [1.807, 2.05) is 0 Å². The van der Waals surface area contributed by atoms with Crippen molar-refractivity contribution in [2.24, 2.45) is 5.73 Å². The number of hydrogen-bond donors (Lipinski definition) is 2. The highest BCUT2D eigenvalue weighted by Gasteiger charge is 2.26. The Kier molecular flexibility index (Phi) is 58.7. The van der Waals surface area contributed by atoms with Crippen LogP contribution in [0.15, 0.2) is 97.2 Å². The highest BCUT2D eigenvalue weighted by molar-refractivity contribution is 7.47. The largest absolute Gasteiger partial charge is 0.472 e. The minimum absolute atomic E-state index is 0.0503. The van der Waals surface area contributed by atoms with Crippen LogP contribution >= 0.6 is 7.82 Å². The van der Waals surface area contributed by atoms with Gasteiger partial charge in [-0.1, -0.05) is 284 Å². The molecule has 0 heterocycles. The molecule has 438 valence electrons. The zero-order valence-corrected chi connectivity index (χ0v) is 49.9. The van der Waals surface area contributed by atoms with Gasteiger partial charge in [0, 0.05) is 19.4 Å². The van der Waals surface area contributed by atoms with Crippen molar-refractivity contribution in [2.75, 3.05) is 26.4 Å². The Balaban J connectivity index is 3.96. The number of hydrogen-bond acceptors (Lipinski definition) is 8. The smallest absolute Gasteiger partial charge is 0.462 e. The lowest BCUT2D eigenvalue weighted by molar-refractivity contribution is -0.161. The van der Waals surface area contributed by atoms with Gasteiger partial charge in [0.2, 0.25) is 0 Å². The SMILES string of the molecule is CC/C=C\C/C=C\C/C=C\C/C=C\C/C=C\C/C=C\C/C=C\C/C=C\CCCCCCCCCCCCC(=O)OC(COC(=O)CCCCCCCCCCCCCCCCCCCCCC)COP(=O)(O)OCCN. The number of unbranched alkanes of at least 4 members (excludes halogenated alkanes) is 29. The summed E-state index contributed by atoms with van der Waals surface area (Å²) in [5.74, 6) is -0.826. The van der Waals surface area contributed by atoms with Crippen LogP contribution in [-0.2, 0) is 32.7 Å². The Labute approximate surface area is 467 Å². The number of phosphoric acid groups is 1. The molecule has 0 aromatic carbocycles. The molecule has 0 saturated carbocycles. The minimum Gasteiger partial charge on any atom is -0.462 e. The number of carbonyl (C=O) groups is 2. The van der Waals surface area contributed by atoms with Crippen molar-refractivity contribution in [3.8, 4) is 0 Å². The summed E-state index contributed by atoms with van der Waals surface area (Å²) in [6, 6.07) is 0. The summed E-state index contributed by atoms with van der Waals surface area (Å²) in [6.45, 7) is 3.65. The number of ether oxygens (including phenoxy) is 2. The first kappa shape index (κ1) is 72.9. The highest BCUT2D eigenvalue weighted by atomic mass is 31.2. The second-order valence-corrected chi connectivity index (χ2v) is 22.0. The van der Waals surface area contributed by atoms with Gasteiger partial charge in [-0.2, -0.15) is 0 Å². The molecule has 2 unspecified atom stereocenters. The fourth-order valence-electron chi connectivity index (χ4n) is 8.65. The van der Waals surface area contributed by atoms with Crippen molar-refractivity contribution in [3.05, 3.63) is 97.2 Å². The first-order chi connectivity index (χ1) is 37.3. The Bertz CT molecular complexity index is 1560. The Hall–Kier alpha value is -3.07. The number of carbonyl (C=O) groups excluding carboxylic acids is 2. The van der Waals surface area contributed by atoms with Gasteiger partial charge in [0.15, 0.2) is 6.10 Å². The molecule has 0 aliphatic rings. The average Bonchev–Trinajstić information content (AvgIpc) is 3.41. The Morgan fingerprint density at radius 2 is 0.724 bits per heavy atom. The van der Waals surface area contributed by atoms with Gasteiger partial charge in [-0.05, 0) is 77.0 Å². The lowest BCUT2D eigenvalue weighted by Gasteiger charge is -2.19. The van der Waals surface area contributed by atoms with E-state index in [4.69, 9.17) is 24.3 Å². The molecule has 0 rings (SSSR count). The van der Waals surface area contributed by atoms with E-state index in [0.717, 1.165) is 96.3 Å². The predicted molar refractivity (Wildman–Crippen MR) is 325 cm³/mol. The summed E-state index contributed by atoms with van der Waals surface area (Å²) in [5.41, 5.74) is 5.39. The molecule has 0 amide bonds. The van der Waals surface area contributed by atoms with Crippen molar-refractivity contribution in [1.82, 2.24) is 0 Å². The van der Waals surface area contributed by atoms with Crippen LogP contribution in [0.25, 0.3) is 0 Å². The van der Waals surface area contributed by atoms with Gasteiger partial charge in [0.25, 0.3) is 0 Å². The van der Waals surface area contributed by atoms with Gasteiger partial charge in [-0.15, -0.1) is 0 Å². The third kappa shape index (κ3) is 60.2. The van der Waals surface area contributed by atoms with Gasteiger partial charge in [0.1, 0.15) is 6.61 Å². The first-order valence-corrected chi connectivity index (χ1v) is 32.7. The lowest BCUT2D eigenvalue weighted by Crippen LogP contribution is -2.29. The third-order valence-electron chi connectivity index (χ3n) is 13.2. The summed E-state index contributed by atoms with van der Waals surface area (Å²) in [7, 11) is -4.39. The van der Waals surface area contributed by atoms with Gasteiger partial charge in [0.05, 0.1) is 13.2 Å². The van der Waals surface area contributed by atoms with Crippen molar-refractivity contribution in [2.45, 2.75) is 283 Å². The number of nitrogens with two attached hydrogens (primary N) is 1. The van der Waals surface area contributed by atoms with Crippen LogP contribution in [0.2, 0.25) is 0 Å². The fraction of sp³-hybridized carbons (Fsp3) is 0.727. The molecule has 0 aromatic heterocycles. The molecular formula is C66H116NO8P.